The van der Waals surface area contributed by atoms with E-state index in [4.69, 9.17) is 10.5 Å². The van der Waals surface area contributed by atoms with E-state index in [-0.39, 0.29) is 31.7 Å². The quantitative estimate of drug-likeness (QED) is 0.0713. The monoisotopic (exact) mass is 1120 g/mol. The number of aliphatic hydroxyl groups is 1. The second kappa shape index (κ2) is 30.4. The van der Waals surface area contributed by atoms with Crippen molar-refractivity contribution in [2.24, 2.45) is 35.3 Å². The summed E-state index contributed by atoms with van der Waals surface area (Å²) in [6, 6.07) is 9.02. The van der Waals surface area contributed by atoms with Crippen molar-refractivity contribution in [3.63, 3.8) is 0 Å². The number of carboxylic acid groups (broad SMARTS) is 1. The van der Waals surface area contributed by atoms with Crippen LogP contribution in [0.4, 0.5) is 0 Å². The highest BCUT2D eigenvalue weighted by Crippen LogP contribution is 2.27. The van der Waals surface area contributed by atoms with Crippen LogP contribution in [0.1, 0.15) is 126 Å². The zero-order chi connectivity index (χ0) is 60.7. The molecular weight excluding hydrogens is 1020 g/mol. The lowest BCUT2D eigenvalue weighted by Gasteiger charge is -2.39. The van der Waals surface area contributed by atoms with Gasteiger partial charge < -0.3 is 55.8 Å². The molecule has 0 aliphatic carbocycles. The molecule has 80 heavy (non-hydrogen) atoms. The standard InChI is InChI=1S/C60H94N8O12/c1-17-38(9)46(63-51(69)44-30-25-31-68(44)55(73)45(34-41-28-23-20-24-29-41)64(13)53(71)42(61)33-40-26-21-19-22-27-40)56(74)65(14)47(36(5)6)52(70)62-43(32-35(3)4)54(72)67(16)50(60(11,12)79)59(78)80-49(39(10)18-2)57(75)66(15)48(37(7)8)58(76)77/h19-24,26-29,35-39,42-50,79H,17-18,25,30-34,61H2,1-16H3,(H,62,70)(H,63,69)(H,76,77)/t38-,39?,42-,43-,44-,45-,46-,47-,48-,49+,50+/m0/s1. The molecule has 7 amide bonds. The molecule has 6 N–H and O–H groups in total. The van der Waals surface area contributed by atoms with Gasteiger partial charge in [-0.2, -0.15) is 0 Å². The number of likely N-dealkylation sites (tertiary alicyclic amines) is 1. The number of aliphatic carboxylic acids is 1. The summed E-state index contributed by atoms with van der Waals surface area (Å²) in [7, 11) is 5.58. The number of esters is 1. The van der Waals surface area contributed by atoms with Crippen molar-refractivity contribution >= 4 is 53.3 Å². The minimum absolute atomic E-state index is 0.0639. The molecule has 2 aromatic rings. The molecule has 446 valence electrons. The molecular formula is C60H94N8O12. The van der Waals surface area contributed by atoms with E-state index in [1.807, 2.05) is 81.4 Å². The first-order valence-electron chi connectivity index (χ1n) is 28.3. The van der Waals surface area contributed by atoms with Gasteiger partial charge >= 0.3 is 11.9 Å². The molecule has 0 spiro atoms. The Balaban J connectivity index is 1.92. The molecule has 11 atom stereocenters. The SMILES string of the molecule is CCC(C)[C@@H](OC(=O)[C@@H](N(C)C(=O)[C@H](CC(C)C)NC(=O)[C@H](C(C)C)N(C)C(=O)[C@@H](NC(=O)[C@@H]1CCCN1C(=O)[C@H](Cc1ccccc1)N(C)C(=O)[C@@H](N)Cc1ccccc1)[C@@H](C)CC)C(C)(C)O)C(=O)N(C)[C@H](C(=O)O)C(C)C. The average molecular weight is 1120 g/mol. The summed E-state index contributed by atoms with van der Waals surface area (Å²) in [4.78, 5) is 134. The van der Waals surface area contributed by atoms with Crippen LogP contribution in [0.5, 0.6) is 0 Å². The van der Waals surface area contributed by atoms with Crippen LogP contribution in [0.25, 0.3) is 0 Å². The lowest BCUT2D eigenvalue weighted by Crippen LogP contribution is -2.63. The fourth-order valence-electron chi connectivity index (χ4n) is 10.6. The Bertz CT molecular complexity index is 2420. The second-order valence-electron chi connectivity index (χ2n) is 23.6. The number of carbonyl (C=O) groups excluding carboxylic acids is 8. The maximum Gasteiger partial charge on any atom is 0.332 e. The van der Waals surface area contributed by atoms with Crippen LogP contribution in [-0.2, 0) is 60.7 Å². The first-order chi connectivity index (χ1) is 37.3. The van der Waals surface area contributed by atoms with Crippen LogP contribution in [-0.4, -0.2) is 183 Å². The summed E-state index contributed by atoms with van der Waals surface area (Å²) in [5.41, 5.74) is 6.17. The van der Waals surface area contributed by atoms with Crippen molar-refractivity contribution in [3.8, 4) is 0 Å². The Labute approximate surface area is 474 Å². The number of hydrogen-bond acceptors (Lipinski definition) is 12. The number of nitrogens with zero attached hydrogens (tertiary/aromatic N) is 5. The van der Waals surface area contributed by atoms with Crippen molar-refractivity contribution in [1.29, 1.82) is 0 Å². The molecule has 0 aromatic heterocycles. The summed E-state index contributed by atoms with van der Waals surface area (Å²) in [6.07, 6.45) is 0.567. The van der Waals surface area contributed by atoms with E-state index in [9.17, 15) is 53.4 Å². The molecule has 0 bridgehead atoms. The highest BCUT2D eigenvalue weighted by molar-refractivity contribution is 5.98. The lowest BCUT2D eigenvalue weighted by atomic mass is 9.93. The van der Waals surface area contributed by atoms with Crippen molar-refractivity contribution in [3.05, 3.63) is 71.8 Å². The van der Waals surface area contributed by atoms with Gasteiger partial charge in [-0.1, -0.05) is 136 Å². The number of hydrogen-bond donors (Lipinski definition) is 5. The molecule has 1 unspecified atom stereocenters. The Morgan fingerprint density at radius 2 is 1.20 bits per heavy atom. The Kier molecular flexibility index (Phi) is 25.8. The zero-order valence-corrected chi connectivity index (χ0v) is 50.3. The zero-order valence-electron chi connectivity index (χ0n) is 50.3. The number of benzene rings is 2. The van der Waals surface area contributed by atoms with Crippen LogP contribution >= 0.6 is 0 Å². The predicted molar refractivity (Wildman–Crippen MR) is 305 cm³/mol. The van der Waals surface area contributed by atoms with Crippen molar-refractivity contribution in [2.75, 3.05) is 34.7 Å². The second-order valence-corrected chi connectivity index (χ2v) is 23.6. The fraction of sp³-hybridized carbons (Fsp3) is 0.650. The van der Waals surface area contributed by atoms with E-state index in [0.29, 0.717) is 25.7 Å². The van der Waals surface area contributed by atoms with Crippen molar-refractivity contribution in [1.82, 2.24) is 35.1 Å². The molecule has 1 aliphatic rings. The van der Waals surface area contributed by atoms with E-state index in [0.717, 1.165) is 20.9 Å². The van der Waals surface area contributed by atoms with E-state index in [1.54, 1.807) is 55.5 Å². The Morgan fingerprint density at radius 1 is 0.688 bits per heavy atom. The van der Waals surface area contributed by atoms with E-state index >= 15 is 0 Å². The molecule has 0 radical (unpaired) electrons. The van der Waals surface area contributed by atoms with Crippen LogP contribution in [0.3, 0.4) is 0 Å². The van der Waals surface area contributed by atoms with Crippen LogP contribution in [0.2, 0.25) is 0 Å². The lowest BCUT2D eigenvalue weighted by molar-refractivity contribution is -0.178. The van der Waals surface area contributed by atoms with E-state index in [1.165, 1.54) is 49.7 Å². The smallest absolute Gasteiger partial charge is 0.332 e. The molecule has 20 nitrogen and oxygen atoms in total. The summed E-state index contributed by atoms with van der Waals surface area (Å²) in [6.45, 7) is 20.3. The topological polar surface area (TPSA) is 270 Å². The number of amides is 7. The van der Waals surface area contributed by atoms with Gasteiger partial charge in [0.25, 0.3) is 5.91 Å². The third-order valence-corrected chi connectivity index (χ3v) is 15.5. The van der Waals surface area contributed by atoms with Crippen molar-refractivity contribution < 1.29 is 58.1 Å². The van der Waals surface area contributed by atoms with Gasteiger partial charge in [-0.05, 0) is 80.8 Å². The summed E-state index contributed by atoms with van der Waals surface area (Å²) < 4.78 is 5.85. The van der Waals surface area contributed by atoms with Crippen LogP contribution < -0.4 is 16.4 Å². The van der Waals surface area contributed by atoms with Gasteiger partial charge in [0.2, 0.25) is 35.4 Å². The first kappa shape index (κ1) is 67.9. The number of carbonyl (C=O) groups is 9. The number of ether oxygens (including phenoxy) is 1. The minimum atomic E-state index is -1.97. The third kappa shape index (κ3) is 17.8. The van der Waals surface area contributed by atoms with Crippen LogP contribution in [0, 0.1) is 29.6 Å². The highest BCUT2D eigenvalue weighted by atomic mass is 16.6. The van der Waals surface area contributed by atoms with Gasteiger partial charge in [-0.25, -0.2) is 9.59 Å². The summed E-state index contributed by atoms with van der Waals surface area (Å²) >= 11 is 0. The summed E-state index contributed by atoms with van der Waals surface area (Å²) in [5, 5.41) is 27.2. The maximum absolute atomic E-state index is 14.8. The highest BCUT2D eigenvalue weighted by Gasteiger charge is 2.47. The molecule has 1 fully saturated rings. The molecule has 1 saturated heterocycles. The third-order valence-electron chi connectivity index (χ3n) is 15.5. The maximum atomic E-state index is 14.8. The van der Waals surface area contributed by atoms with Crippen LogP contribution in [0.15, 0.2) is 60.7 Å². The first-order valence-corrected chi connectivity index (χ1v) is 28.3. The van der Waals surface area contributed by atoms with E-state index in [2.05, 4.69) is 10.6 Å². The Morgan fingerprint density at radius 3 is 1.68 bits per heavy atom. The van der Waals surface area contributed by atoms with Gasteiger partial charge in [-0.3, -0.25) is 33.6 Å². The van der Waals surface area contributed by atoms with Gasteiger partial charge in [0, 0.05) is 47.1 Å². The summed E-state index contributed by atoms with van der Waals surface area (Å²) in [5.74, 6) is -8.96. The molecule has 0 saturated carbocycles. The van der Waals surface area contributed by atoms with Gasteiger partial charge in [0.05, 0.1) is 11.6 Å². The number of likely N-dealkylation sites (N-methyl/N-ethyl adjacent to an activating group) is 4. The van der Waals surface area contributed by atoms with Crippen molar-refractivity contribution in [2.45, 2.75) is 188 Å². The number of rotatable bonds is 29. The molecule has 1 heterocycles. The minimum Gasteiger partial charge on any atom is -0.480 e. The fourth-order valence-corrected chi connectivity index (χ4v) is 10.6. The molecule has 20 heteroatoms. The predicted octanol–water partition coefficient (Wildman–Crippen LogP) is 4.29. The normalized spacial score (nSPS) is 17.4. The molecule has 1 aliphatic heterocycles. The number of carboxylic acids is 1. The molecule has 2 aromatic carbocycles. The Hall–Kier alpha value is -6.41. The van der Waals surface area contributed by atoms with E-state index < -0.39 is 137 Å². The van der Waals surface area contributed by atoms with Gasteiger partial charge in [0.15, 0.2) is 12.1 Å². The van der Waals surface area contributed by atoms with Gasteiger partial charge in [0.1, 0.15) is 36.3 Å². The molecule has 3 rings (SSSR count). The van der Waals surface area contributed by atoms with Gasteiger partial charge in [-0.15, -0.1) is 0 Å². The number of nitrogens with two attached hydrogens (primary N) is 1. The largest absolute Gasteiger partial charge is 0.480 e. The average Bonchev–Trinajstić information content (AvgIpc) is 3.89. The number of nitrogens with one attached hydrogen (secondary N) is 2.